The van der Waals surface area contributed by atoms with Gasteiger partial charge in [0.1, 0.15) is 0 Å². The van der Waals surface area contributed by atoms with Gasteiger partial charge in [-0.15, -0.1) is 0 Å². The topological polar surface area (TPSA) is 35.5 Å². The van der Waals surface area contributed by atoms with Gasteiger partial charge in [0.05, 0.1) is 6.61 Å². The molecule has 0 spiro atoms. The van der Waals surface area contributed by atoms with E-state index in [0.717, 1.165) is 6.42 Å². The Kier molecular flexibility index (Phi) is 7.74. The first-order valence-electron chi connectivity index (χ1n) is 7.55. The van der Waals surface area contributed by atoms with E-state index in [1.807, 2.05) is 6.08 Å². The lowest BCUT2D eigenvalue weighted by molar-refractivity contribution is -0.137. The molecule has 0 saturated carbocycles. The molecule has 0 rings (SSSR count). The van der Waals surface area contributed by atoms with Gasteiger partial charge in [-0.1, -0.05) is 33.8 Å². The van der Waals surface area contributed by atoms with Crippen LogP contribution in [0.4, 0.5) is 0 Å². The molecule has 0 aromatic carbocycles. The van der Waals surface area contributed by atoms with Crippen LogP contribution in [0.25, 0.3) is 0 Å². The first-order chi connectivity index (χ1) is 9.04. The lowest BCUT2D eigenvalue weighted by atomic mass is 9.99. The van der Waals surface area contributed by atoms with Crippen molar-refractivity contribution in [2.45, 2.75) is 72.2 Å². The van der Waals surface area contributed by atoms with Gasteiger partial charge in [0.2, 0.25) is 0 Å². The quantitative estimate of drug-likeness (QED) is 0.375. The van der Waals surface area contributed by atoms with Gasteiger partial charge >= 0.3 is 5.97 Å². The van der Waals surface area contributed by atoms with Gasteiger partial charge in [0, 0.05) is 12.2 Å². The fraction of sp³-hybridized carbons (Fsp3) is 0.812. The maximum absolute atomic E-state index is 11.2. The summed E-state index contributed by atoms with van der Waals surface area (Å²) in [5.41, 5.74) is 0. The van der Waals surface area contributed by atoms with Crippen LogP contribution in [-0.4, -0.2) is 27.0 Å². The Bertz CT molecular complexity index is 333. The van der Waals surface area contributed by atoms with E-state index in [-0.39, 0.29) is 17.1 Å². The van der Waals surface area contributed by atoms with E-state index in [4.69, 9.17) is 9.16 Å². The van der Waals surface area contributed by atoms with Crippen molar-refractivity contribution in [3.63, 3.8) is 0 Å². The molecule has 0 N–H and O–H groups in total. The van der Waals surface area contributed by atoms with E-state index in [2.05, 4.69) is 47.7 Å². The fourth-order valence-corrected chi connectivity index (χ4v) is 4.74. The molecule has 0 aliphatic carbocycles. The summed E-state index contributed by atoms with van der Waals surface area (Å²) in [6.45, 7) is 17.9. The van der Waals surface area contributed by atoms with Crippen molar-refractivity contribution >= 4 is 14.3 Å². The van der Waals surface area contributed by atoms with Gasteiger partial charge in [0.15, 0.2) is 8.32 Å². The normalized spacial score (nSPS) is 14.8. The van der Waals surface area contributed by atoms with Crippen molar-refractivity contribution in [3.05, 3.63) is 12.2 Å². The summed E-state index contributed by atoms with van der Waals surface area (Å²) < 4.78 is 11.2. The maximum atomic E-state index is 11.2. The molecular formula is C16H32O3Si. The van der Waals surface area contributed by atoms with Crippen LogP contribution in [0.5, 0.6) is 0 Å². The van der Waals surface area contributed by atoms with Crippen LogP contribution in [0.2, 0.25) is 18.1 Å². The average molecular weight is 301 g/mol. The molecule has 0 amide bonds. The summed E-state index contributed by atoms with van der Waals surface area (Å²) in [5.74, 6) is 0.310. The summed E-state index contributed by atoms with van der Waals surface area (Å²) in [6.07, 6.45) is 4.20. The minimum atomic E-state index is -1.80. The number of carbonyl (C=O) groups is 1. The molecule has 1 atom stereocenters. The third-order valence-electron chi connectivity index (χ3n) is 4.50. The van der Waals surface area contributed by atoms with Crippen LogP contribution >= 0.6 is 0 Å². The number of ether oxygens (including phenoxy) is 1. The maximum Gasteiger partial charge on any atom is 0.330 e. The number of rotatable bonds is 8. The smallest absolute Gasteiger partial charge is 0.330 e. The van der Waals surface area contributed by atoms with E-state index < -0.39 is 8.32 Å². The van der Waals surface area contributed by atoms with Crippen molar-refractivity contribution in [3.8, 4) is 0 Å². The highest BCUT2D eigenvalue weighted by Gasteiger charge is 2.43. The van der Waals surface area contributed by atoms with E-state index in [1.165, 1.54) is 6.08 Å². The number of hydrogen-bond acceptors (Lipinski definition) is 3. The van der Waals surface area contributed by atoms with Crippen molar-refractivity contribution in [2.24, 2.45) is 5.92 Å². The van der Waals surface area contributed by atoms with Crippen molar-refractivity contribution in [2.75, 3.05) is 6.61 Å². The lowest BCUT2D eigenvalue weighted by Gasteiger charge is -2.44. The summed E-state index contributed by atoms with van der Waals surface area (Å²) >= 11 is 0. The van der Waals surface area contributed by atoms with Gasteiger partial charge in [-0.2, -0.15) is 0 Å². The molecule has 20 heavy (non-hydrogen) atoms. The molecule has 0 aliphatic heterocycles. The molecule has 0 heterocycles. The van der Waals surface area contributed by atoms with Crippen LogP contribution in [-0.2, 0) is 14.0 Å². The highest BCUT2D eigenvalue weighted by atomic mass is 28.4. The van der Waals surface area contributed by atoms with Crippen LogP contribution in [0.15, 0.2) is 12.2 Å². The van der Waals surface area contributed by atoms with E-state index in [9.17, 15) is 4.79 Å². The van der Waals surface area contributed by atoms with Gasteiger partial charge in [-0.3, -0.25) is 0 Å². The SMILES string of the molecule is CCOC(=O)/C=C/C[C@@H](C)O[Si](C)(C)C(C)(C)C(C)C. The second-order valence-electron chi connectivity index (χ2n) is 6.71. The minimum absolute atomic E-state index is 0.125. The molecule has 0 fully saturated rings. The zero-order valence-corrected chi connectivity index (χ0v) is 15.4. The van der Waals surface area contributed by atoms with Crippen LogP contribution < -0.4 is 0 Å². The first kappa shape index (κ1) is 19.4. The predicted molar refractivity (Wildman–Crippen MR) is 87.3 cm³/mol. The Hall–Kier alpha value is -0.613. The molecule has 0 saturated heterocycles. The molecule has 0 radical (unpaired) electrons. The largest absolute Gasteiger partial charge is 0.463 e. The van der Waals surface area contributed by atoms with Crippen LogP contribution in [0.1, 0.15) is 48.0 Å². The molecule has 0 bridgehead atoms. The van der Waals surface area contributed by atoms with Crippen molar-refractivity contribution < 1.29 is 14.0 Å². The van der Waals surface area contributed by atoms with Gasteiger partial charge in [0.25, 0.3) is 0 Å². The number of carbonyl (C=O) groups excluding carboxylic acids is 1. The molecule has 118 valence electrons. The Labute approximate surface area is 125 Å². The zero-order valence-electron chi connectivity index (χ0n) is 14.4. The molecule has 0 aromatic rings. The van der Waals surface area contributed by atoms with Crippen molar-refractivity contribution in [1.29, 1.82) is 0 Å². The Morgan fingerprint density at radius 3 is 2.25 bits per heavy atom. The van der Waals surface area contributed by atoms with Crippen molar-refractivity contribution in [1.82, 2.24) is 0 Å². The first-order valence-corrected chi connectivity index (χ1v) is 10.5. The second-order valence-corrected chi connectivity index (χ2v) is 11.3. The molecule has 3 nitrogen and oxygen atoms in total. The third-order valence-corrected chi connectivity index (χ3v) is 9.17. The van der Waals surface area contributed by atoms with Crippen LogP contribution in [0, 0.1) is 5.92 Å². The highest BCUT2D eigenvalue weighted by molar-refractivity contribution is 6.74. The average Bonchev–Trinajstić information content (AvgIpc) is 2.27. The summed E-state index contributed by atoms with van der Waals surface area (Å²) in [7, 11) is -1.80. The van der Waals surface area contributed by atoms with E-state index in [0.29, 0.717) is 12.5 Å². The highest BCUT2D eigenvalue weighted by Crippen LogP contribution is 2.45. The Morgan fingerprint density at radius 1 is 1.25 bits per heavy atom. The summed E-state index contributed by atoms with van der Waals surface area (Å²) in [5, 5.41) is 0.214. The fourth-order valence-electron chi connectivity index (χ4n) is 1.94. The standard InChI is InChI=1S/C16H32O3Si/c1-9-18-15(17)12-10-11-14(4)19-20(7,8)16(5,6)13(2)3/h10,12-14H,9,11H2,1-8H3/b12-10+/t14-/m1/s1. The van der Waals surface area contributed by atoms with Gasteiger partial charge < -0.3 is 9.16 Å². The number of esters is 1. The molecule has 4 heteroatoms. The molecular weight excluding hydrogens is 268 g/mol. The lowest BCUT2D eigenvalue weighted by Crippen LogP contribution is -2.47. The summed E-state index contributed by atoms with van der Waals surface area (Å²) in [4.78, 5) is 11.2. The summed E-state index contributed by atoms with van der Waals surface area (Å²) in [6, 6.07) is 0. The van der Waals surface area contributed by atoms with E-state index >= 15 is 0 Å². The second kappa shape index (κ2) is 7.98. The Balaban J connectivity index is 4.46. The molecule has 0 aromatic heterocycles. The molecule has 0 aliphatic rings. The van der Waals surface area contributed by atoms with Gasteiger partial charge in [-0.05, 0) is 44.3 Å². The zero-order chi connectivity index (χ0) is 16.0. The van der Waals surface area contributed by atoms with E-state index in [1.54, 1.807) is 6.92 Å². The van der Waals surface area contributed by atoms with Crippen LogP contribution in [0.3, 0.4) is 0 Å². The third kappa shape index (κ3) is 5.79. The van der Waals surface area contributed by atoms with Gasteiger partial charge in [-0.25, -0.2) is 4.79 Å². The Morgan fingerprint density at radius 2 is 1.80 bits per heavy atom. The monoisotopic (exact) mass is 300 g/mol. The molecule has 0 unspecified atom stereocenters. The number of hydrogen-bond donors (Lipinski definition) is 0. The predicted octanol–water partition coefficient (Wildman–Crippen LogP) is 4.54. The minimum Gasteiger partial charge on any atom is -0.463 e.